The van der Waals surface area contributed by atoms with Gasteiger partial charge in [0.2, 0.25) is 0 Å². The maximum absolute atomic E-state index is 13.5. The molecule has 164 valence electrons. The zero-order valence-electron chi connectivity index (χ0n) is 15.8. The molecular formula is C20H12ClF3N4O3S. The van der Waals surface area contributed by atoms with Crippen LogP contribution in [0.1, 0.15) is 5.01 Å². The van der Waals surface area contributed by atoms with E-state index in [9.17, 15) is 28.5 Å². The van der Waals surface area contributed by atoms with E-state index in [1.165, 1.54) is 54.7 Å². The van der Waals surface area contributed by atoms with E-state index in [0.717, 1.165) is 11.3 Å². The van der Waals surface area contributed by atoms with Gasteiger partial charge in [0.15, 0.2) is 0 Å². The Morgan fingerprint density at radius 1 is 1.31 bits per heavy atom. The zero-order valence-corrected chi connectivity index (χ0v) is 17.4. The van der Waals surface area contributed by atoms with Crippen LogP contribution in [-0.2, 0) is 0 Å². The number of halogens is 4. The number of non-ortho nitro benzene ring substituents is 1. The molecule has 0 amide bonds. The van der Waals surface area contributed by atoms with Gasteiger partial charge in [-0.25, -0.2) is 9.37 Å². The lowest BCUT2D eigenvalue weighted by atomic mass is 10.1. The monoisotopic (exact) mass is 480 g/mol. The fourth-order valence-corrected chi connectivity index (χ4v) is 3.28. The van der Waals surface area contributed by atoms with Crippen LogP contribution in [0.4, 0.5) is 24.5 Å². The first-order valence-electron chi connectivity index (χ1n) is 8.73. The Morgan fingerprint density at radius 2 is 2.00 bits per heavy atom. The molecule has 0 radical (unpaired) electrons. The Labute approximate surface area is 188 Å². The summed E-state index contributed by atoms with van der Waals surface area (Å²) in [6, 6.07) is 13.2. The van der Waals surface area contributed by atoms with Crippen molar-refractivity contribution in [3.05, 3.63) is 75.2 Å². The molecule has 1 aromatic heterocycles. The third-order valence-electron chi connectivity index (χ3n) is 3.99. The fraction of sp³-hybridized carbons (Fsp3) is 0.100. The fourth-order valence-electron chi connectivity index (χ4n) is 2.44. The molecule has 1 heterocycles. The van der Waals surface area contributed by atoms with E-state index >= 15 is 0 Å². The van der Waals surface area contributed by atoms with Crippen LogP contribution in [0.5, 0.6) is 5.75 Å². The van der Waals surface area contributed by atoms with Crippen LogP contribution in [0.2, 0.25) is 0 Å². The number of para-hydroxylation sites is 2. The minimum absolute atomic E-state index is 0.0457. The molecule has 3 aromatic rings. The number of rotatable bonds is 8. The third kappa shape index (κ3) is 5.35. The van der Waals surface area contributed by atoms with Crippen LogP contribution >= 0.6 is 22.9 Å². The second kappa shape index (κ2) is 9.67. The lowest BCUT2D eigenvalue weighted by Gasteiger charge is -2.19. The van der Waals surface area contributed by atoms with Crippen molar-refractivity contribution in [3.63, 3.8) is 0 Å². The summed E-state index contributed by atoms with van der Waals surface area (Å²) in [5.41, 5.74) is -1.86. The van der Waals surface area contributed by atoms with Crippen LogP contribution in [0.25, 0.3) is 16.8 Å². The summed E-state index contributed by atoms with van der Waals surface area (Å²) < 4.78 is 44.3. The van der Waals surface area contributed by atoms with Gasteiger partial charge in [-0.3, -0.25) is 10.1 Å². The summed E-state index contributed by atoms with van der Waals surface area (Å²) >= 11 is 5.97. The van der Waals surface area contributed by atoms with Crippen molar-refractivity contribution in [2.45, 2.75) is 11.7 Å². The number of nitro benzene ring substituents is 1. The summed E-state index contributed by atoms with van der Waals surface area (Å²) in [6.45, 7) is 0. The van der Waals surface area contributed by atoms with Crippen molar-refractivity contribution < 1.29 is 22.8 Å². The van der Waals surface area contributed by atoms with Gasteiger partial charge in [-0.1, -0.05) is 23.7 Å². The van der Waals surface area contributed by atoms with Crippen molar-refractivity contribution in [1.82, 2.24) is 4.98 Å². The van der Waals surface area contributed by atoms with Crippen molar-refractivity contribution in [2.24, 2.45) is 0 Å². The molecular weight excluding hydrogens is 469 g/mol. The molecule has 1 unspecified atom stereocenters. The van der Waals surface area contributed by atoms with Crippen molar-refractivity contribution in [1.29, 1.82) is 5.26 Å². The molecule has 0 aliphatic carbocycles. The minimum Gasteiger partial charge on any atom is -0.427 e. The molecule has 12 heteroatoms. The number of ether oxygens (including phenoxy) is 1. The van der Waals surface area contributed by atoms with Gasteiger partial charge >= 0.3 is 6.11 Å². The zero-order chi connectivity index (χ0) is 23.3. The number of benzene rings is 2. The number of nitrogens with one attached hydrogen (secondary N) is 1. The number of nitro groups is 1. The molecule has 32 heavy (non-hydrogen) atoms. The quantitative estimate of drug-likeness (QED) is 0.178. The first-order valence-corrected chi connectivity index (χ1v) is 10.0. The van der Waals surface area contributed by atoms with Gasteiger partial charge in [0, 0.05) is 29.3 Å². The summed E-state index contributed by atoms with van der Waals surface area (Å²) in [6.07, 6.45) is -3.01. The van der Waals surface area contributed by atoms with Crippen molar-refractivity contribution in [3.8, 4) is 23.1 Å². The highest BCUT2D eigenvalue weighted by molar-refractivity contribution is 7.11. The predicted octanol–water partition coefficient (Wildman–Crippen LogP) is 6.20. The Morgan fingerprint density at radius 3 is 2.62 bits per heavy atom. The van der Waals surface area contributed by atoms with Crippen LogP contribution in [-0.4, -0.2) is 21.6 Å². The molecule has 0 aliphatic rings. The molecule has 0 saturated heterocycles. The van der Waals surface area contributed by atoms with Gasteiger partial charge in [-0.05, 0) is 24.3 Å². The number of hydrogen-bond acceptors (Lipinski definition) is 7. The molecule has 0 saturated carbocycles. The molecule has 1 N–H and O–H groups in total. The van der Waals surface area contributed by atoms with E-state index in [0.29, 0.717) is 16.3 Å². The number of nitrogens with zero attached hydrogens (tertiary/aromatic N) is 3. The maximum Gasteiger partial charge on any atom is 0.444 e. The average molecular weight is 481 g/mol. The number of hydrogen-bond donors (Lipinski definition) is 1. The highest BCUT2D eigenvalue weighted by Gasteiger charge is 2.42. The van der Waals surface area contributed by atoms with Gasteiger partial charge in [0.25, 0.3) is 11.3 Å². The maximum atomic E-state index is 13.5. The second-order valence-electron chi connectivity index (χ2n) is 6.12. The van der Waals surface area contributed by atoms with Gasteiger partial charge < -0.3 is 10.1 Å². The number of allylic oxidation sites excluding steroid dienone is 1. The van der Waals surface area contributed by atoms with Crippen LogP contribution in [0, 0.1) is 21.4 Å². The highest BCUT2D eigenvalue weighted by atomic mass is 35.5. The Kier molecular flexibility index (Phi) is 6.97. The van der Waals surface area contributed by atoms with Crippen LogP contribution in [0.15, 0.2) is 60.1 Å². The summed E-state index contributed by atoms with van der Waals surface area (Å²) in [5.74, 6) is -0.375. The minimum atomic E-state index is -4.25. The normalized spacial score (nSPS) is 12.7. The number of aromatic nitrogens is 1. The molecule has 0 bridgehead atoms. The van der Waals surface area contributed by atoms with Gasteiger partial charge in [-0.15, -0.1) is 11.3 Å². The molecule has 7 nitrogen and oxygen atoms in total. The highest BCUT2D eigenvalue weighted by Crippen LogP contribution is 2.34. The Hall–Kier alpha value is -3.62. The standard InChI is InChI=1S/C20H12ClF3N4O3S/c21-19(22)20(23,24)31-17-4-2-1-3-15(17)26-10-13(9-25)18-27-16(11-32-18)12-5-7-14(8-6-12)28(29)30/h1-8,10-11,19,26H/b13-10+. The van der Waals surface area contributed by atoms with Crippen molar-refractivity contribution >= 4 is 39.9 Å². The molecule has 0 spiro atoms. The smallest absolute Gasteiger partial charge is 0.427 e. The predicted molar refractivity (Wildman–Crippen MR) is 114 cm³/mol. The molecule has 0 aliphatic heterocycles. The summed E-state index contributed by atoms with van der Waals surface area (Å²) in [4.78, 5) is 14.6. The van der Waals surface area contributed by atoms with Gasteiger partial charge in [-0.2, -0.15) is 14.0 Å². The van der Waals surface area contributed by atoms with Gasteiger partial charge in [0.1, 0.15) is 22.4 Å². The summed E-state index contributed by atoms with van der Waals surface area (Å²) in [5, 5.41) is 24.9. The van der Waals surface area contributed by atoms with Crippen molar-refractivity contribution in [2.75, 3.05) is 5.32 Å². The summed E-state index contributed by atoms with van der Waals surface area (Å²) in [7, 11) is 0. The van der Waals surface area contributed by atoms with E-state index in [2.05, 4.69) is 15.0 Å². The molecule has 2 aromatic carbocycles. The van der Waals surface area contributed by atoms with E-state index < -0.39 is 16.7 Å². The number of alkyl halides is 4. The van der Waals surface area contributed by atoms with Crippen LogP contribution < -0.4 is 10.1 Å². The van der Waals surface area contributed by atoms with E-state index in [4.69, 9.17) is 11.6 Å². The van der Waals surface area contributed by atoms with E-state index in [-0.39, 0.29) is 22.7 Å². The van der Waals surface area contributed by atoms with E-state index in [1.807, 2.05) is 6.07 Å². The van der Waals surface area contributed by atoms with Gasteiger partial charge in [0.05, 0.1) is 16.3 Å². The average Bonchev–Trinajstić information content (AvgIpc) is 3.25. The lowest BCUT2D eigenvalue weighted by molar-refractivity contribution is -0.384. The molecule has 0 fully saturated rings. The number of thiazole rings is 1. The first-order chi connectivity index (χ1) is 15.2. The number of anilines is 1. The SMILES string of the molecule is N#C/C(=C\Nc1ccccc1OC(F)(F)C(F)Cl)c1nc(-c2ccc([N+](=O)[O-])cc2)cs1. The number of nitriles is 1. The Bertz CT molecular complexity index is 1190. The Balaban J connectivity index is 1.81. The first kappa shape index (κ1) is 23.1. The third-order valence-corrected chi connectivity index (χ3v) is 5.12. The topological polar surface area (TPSA) is 101 Å². The largest absolute Gasteiger partial charge is 0.444 e. The van der Waals surface area contributed by atoms with Crippen LogP contribution in [0.3, 0.4) is 0 Å². The second-order valence-corrected chi connectivity index (χ2v) is 7.36. The van der Waals surface area contributed by atoms with E-state index in [1.54, 1.807) is 5.38 Å². The lowest BCUT2D eigenvalue weighted by Crippen LogP contribution is -2.33. The molecule has 1 atom stereocenters. The molecule has 3 rings (SSSR count).